The van der Waals surface area contributed by atoms with Crippen LogP contribution in [0.1, 0.15) is 6.42 Å². The van der Waals surface area contributed by atoms with Crippen LogP contribution in [0, 0.1) is 0 Å². The average Bonchev–Trinajstić information content (AvgIpc) is 2.82. The number of nitrogens with two attached hydrogens (primary N) is 1. The summed E-state index contributed by atoms with van der Waals surface area (Å²) in [5, 5.41) is 0. The standard InChI is InChI=1S/C12H18N2OS/c1-14(10-5-6-16-8-10)9-3-4-11(13)12(7-9)15-2/h3-4,7,10H,5-6,8,13H2,1-2H3. The minimum Gasteiger partial charge on any atom is -0.495 e. The summed E-state index contributed by atoms with van der Waals surface area (Å²) >= 11 is 2.02. The van der Waals surface area contributed by atoms with Gasteiger partial charge in [0.2, 0.25) is 0 Å². The summed E-state index contributed by atoms with van der Waals surface area (Å²) in [6, 6.07) is 6.62. The van der Waals surface area contributed by atoms with Crippen molar-refractivity contribution in [3.8, 4) is 5.75 Å². The van der Waals surface area contributed by atoms with Gasteiger partial charge in [-0.25, -0.2) is 0 Å². The number of benzene rings is 1. The van der Waals surface area contributed by atoms with Gasteiger partial charge in [0.25, 0.3) is 0 Å². The van der Waals surface area contributed by atoms with Gasteiger partial charge in [0, 0.05) is 30.6 Å². The molecule has 1 fully saturated rings. The average molecular weight is 238 g/mol. The van der Waals surface area contributed by atoms with Crippen molar-refractivity contribution in [2.45, 2.75) is 12.5 Å². The normalized spacial score (nSPS) is 19.8. The molecule has 88 valence electrons. The molecule has 1 saturated heterocycles. The lowest BCUT2D eigenvalue weighted by molar-refractivity contribution is 0.417. The molecule has 1 aromatic rings. The second-order valence-electron chi connectivity index (χ2n) is 4.05. The first-order valence-corrected chi connectivity index (χ1v) is 6.62. The number of hydrogen-bond donors (Lipinski definition) is 1. The Balaban J connectivity index is 2.19. The van der Waals surface area contributed by atoms with E-state index in [9.17, 15) is 0 Å². The number of thioether (sulfide) groups is 1. The van der Waals surface area contributed by atoms with Crippen LogP contribution in [0.3, 0.4) is 0 Å². The predicted molar refractivity (Wildman–Crippen MR) is 71.5 cm³/mol. The third kappa shape index (κ3) is 2.21. The smallest absolute Gasteiger partial charge is 0.143 e. The highest BCUT2D eigenvalue weighted by molar-refractivity contribution is 7.99. The second-order valence-corrected chi connectivity index (χ2v) is 5.20. The van der Waals surface area contributed by atoms with Crippen LogP contribution >= 0.6 is 11.8 Å². The van der Waals surface area contributed by atoms with Crippen molar-refractivity contribution in [1.82, 2.24) is 0 Å². The summed E-state index contributed by atoms with van der Waals surface area (Å²) in [6.07, 6.45) is 1.26. The van der Waals surface area contributed by atoms with Crippen molar-refractivity contribution in [1.29, 1.82) is 0 Å². The van der Waals surface area contributed by atoms with Gasteiger partial charge in [-0.2, -0.15) is 11.8 Å². The van der Waals surface area contributed by atoms with Gasteiger partial charge >= 0.3 is 0 Å². The Morgan fingerprint density at radius 1 is 1.50 bits per heavy atom. The Hall–Kier alpha value is -1.03. The number of rotatable bonds is 3. The molecule has 4 heteroatoms. The number of nitrogens with zero attached hydrogens (tertiary/aromatic N) is 1. The summed E-state index contributed by atoms with van der Waals surface area (Å²) in [4.78, 5) is 2.32. The summed E-state index contributed by atoms with van der Waals surface area (Å²) < 4.78 is 5.24. The number of nitrogen functional groups attached to an aromatic ring is 1. The topological polar surface area (TPSA) is 38.5 Å². The van der Waals surface area contributed by atoms with Gasteiger partial charge < -0.3 is 15.4 Å². The van der Waals surface area contributed by atoms with Gasteiger partial charge in [0.1, 0.15) is 5.75 Å². The molecular weight excluding hydrogens is 220 g/mol. The van der Waals surface area contributed by atoms with E-state index < -0.39 is 0 Å². The Bertz CT molecular complexity index is 364. The maximum Gasteiger partial charge on any atom is 0.143 e. The highest BCUT2D eigenvalue weighted by atomic mass is 32.2. The summed E-state index contributed by atoms with van der Waals surface area (Å²) in [6.45, 7) is 0. The van der Waals surface area contributed by atoms with E-state index in [0.29, 0.717) is 11.7 Å². The first kappa shape index (κ1) is 11.5. The van der Waals surface area contributed by atoms with Crippen LogP contribution < -0.4 is 15.4 Å². The van der Waals surface area contributed by atoms with Crippen LogP contribution in [-0.4, -0.2) is 31.7 Å². The lowest BCUT2D eigenvalue weighted by atomic mass is 10.2. The van der Waals surface area contributed by atoms with E-state index in [2.05, 4.69) is 18.0 Å². The molecule has 0 aliphatic carbocycles. The zero-order valence-corrected chi connectivity index (χ0v) is 10.6. The molecule has 1 heterocycles. The fourth-order valence-corrected chi connectivity index (χ4v) is 3.23. The minimum absolute atomic E-state index is 0.637. The number of ether oxygens (including phenoxy) is 1. The third-order valence-electron chi connectivity index (χ3n) is 3.08. The minimum atomic E-state index is 0.637. The summed E-state index contributed by atoms with van der Waals surface area (Å²) in [5.74, 6) is 3.24. The maximum absolute atomic E-state index is 5.81. The number of anilines is 2. The van der Waals surface area contributed by atoms with Gasteiger partial charge in [-0.1, -0.05) is 0 Å². The molecule has 0 saturated carbocycles. The highest BCUT2D eigenvalue weighted by Gasteiger charge is 2.20. The van der Waals surface area contributed by atoms with E-state index in [1.807, 2.05) is 23.9 Å². The molecule has 1 aliphatic rings. The molecule has 2 N–H and O–H groups in total. The van der Waals surface area contributed by atoms with Crippen LogP contribution in [-0.2, 0) is 0 Å². The largest absolute Gasteiger partial charge is 0.495 e. The molecule has 1 aromatic carbocycles. The van der Waals surface area contributed by atoms with E-state index in [1.165, 1.54) is 23.6 Å². The van der Waals surface area contributed by atoms with E-state index in [4.69, 9.17) is 10.5 Å². The molecule has 1 aliphatic heterocycles. The molecule has 3 nitrogen and oxygen atoms in total. The van der Waals surface area contributed by atoms with Crippen LogP contribution in [0.5, 0.6) is 5.75 Å². The molecule has 0 spiro atoms. The zero-order chi connectivity index (χ0) is 11.5. The Morgan fingerprint density at radius 3 is 2.94 bits per heavy atom. The predicted octanol–water partition coefficient (Wildman–Crippen LogP) is 2.22. The van der Waals surface area contributed by atoms with Crippen molar-refractivity contribution in [2.75, 3.05) is 36.3 Å². The van der Waals surface area contributed by atoms with Crippen molar-refractivity contribution in [3.05, 3.63) is 18.2 Å². The lowest BCUT2D eigenvalue weighted by Crippen LogP contribution is -2.31. The highest BCUT2D eigenvalue weighted by Crippen LogP contribution is 2.30. The number of methoxy groups -OCH3 is 1. The van der Waals surface area contributed by atoms with Crippen molar-refractivity contribution in [3.63, 3.8) is 0 Å². The van der Waals surface area contributed by atoms with Gasteiger partial charge in [-0.05, 0) is 24.3 Å². The quantitative estimate of drug-likeness (QED) is 0.820. The van der Waals surface area contributed by atoms with Gasteiger partial charge in [0.05, 0.1) is 12.8 Å². The summed E-state index contributed by atoms with van der Waals surface area (Å²) in [5.41, 5.74) is 7.68. The van der Waals surface area contributed by atoms with Gasteiger partial charge in [-0.3, -0.25) is 0 Å². The van der Waals surface area contributed by atoms with Crippen LogP contribution in [0.15, 0.2) is 18.2 Å². The molecule has 1 unspecified atom stereocenters. The molecule has 0 radical (unpaired) electrons. The molecule has 0 amide bonds. The molecule has 2 rings (SSSR count). The Labute approximate surface area is 101 Å². The molecule has 0 bridgehead atoms. The maximum atomic E-state index is 5.81. The van der Waals surface area contributed by atoms with Gasteiger partial charge in [0.15, 0.2) is 0 Å². The van der Waals surface area contributed by atoms with Crippen LogP contribution in [0.25, 0.3) is 0 Å². The van der Waals surface area contributed by atoms with E-state index in [0.717, 1.165) is 5.75 Å². The van der Waals surface area contributed by atoms with E-state index in [-0.39, 0.29) is 0 Å². The third-order valence-corrected chi connectivity index (χ3v) is 4.22. The zero-order valence-electron chi connectivity index (χ0n) is 9.77. The van der Waals surface area contributed by atoms with Crippen molar-refractivity contribution in [2.24, 2.45) is 0 Å². The fraction of sp³-hybridized carbons (Fsp3) is 0.500. The number of hydrogen-bond acceptors (Lipinski definition) is 4. The van der Waals surface area contributed by atoms with Crippen LogP contribution in [0.4, 0.5) is 11.4 Å². The van der Waals surface area contributed by atoms with Crippen molar-refractivity contribution >= 4 is 23.1 Å². The lowest BCUT2D eigenvalue weighted by Gasteiger charge is -2.26. The molecule has 0 aromatic heterocycles. The molecule has 1 atom stereocenters. The SMILES string of the molecule is COc1cc(N(C)C2CCSC2)ccc1N. The Morgan fingerprint density at radius 2 is 2.31 bits per heavy atom. The van der Waals surface area contributed by atoms with E-state index >= 15 is 0 Å². The Kier molecular flexibility index (Phi) is 3.49. The molecule has 16 heavy (non-hydrogen) atoms. The monoisotopic (exact) mass is 238 g/mol. The van der Waals surface area contributed by atoms with Crippen LogP contribution in [0.2, 0.25) is 0 Å². The van der Waals surface area contributed by atoms with Crippen molar-refractivity contribution < 1.29 is 4.74 Å². The van der Waals surface area contributed by atoms with E-state index in [1.54, 1.807) is 7.11 Å². The second kappa shape index (κ2) is 4.87. The summed E-state index contributed by atoms with van der Waals surface area (Å²) in [7, 11) is 3.79. The van der Waals surface area contributed by atoms with Gasteiger partial charge in [-0.15, -0.1) is 0 Å². The first-order chi connectivity index (χ1) is 7.72. The molecular formula is C12H18N2OS. The first-order valence-electron chi connectivity index (χ1n) is 5.46. The fourth-order valence-electron chi connectivity index (χ4n) is 1.96.